The second-order valence-corrected chi connectivity index (χ2v) is 9.18. The van der Waals surface area contributed by atoms with Crippen LogP contribution in [0, 0.1) is 0 Å². The van der Waals surface area contributed by atoms with Crippen LogP contribution in [0.15, 0.2) is 36.7 Å². The van der Waals surface area contributed by atoms with Gasteiger partial charge in [0.2, 0.25) is 0 Å². The highest BCUT2D eigenvalue weighted by Crippen LogP contribution is 2.32. The molecule has 0 unspecified atom stereocenters. The van der Waals surface area contributed by atoms with Gasteiger partial charge >= 0.3 is 12.6 Å². The Morgan fingerprint density at radius 2 is 1.92 bits per heavy atom. The molecule has 3 aromatic rings. The molecule has 198 valence electrons. The quantitative estimate of drug-likeness (QED) is 0.493. The number of urea groups is 1. The normalized spacial score (nSPS) is 20.6. The molecule has 10 nitrogen and oxygen atoms in total. The van der Waals surface area contributed by atoms with Crippen LogP contribution < -0.4 is 20.1 Å². The van der Waals surface area contributed by atoms with Crippen molar-refractivity contribution in [3.05, 3.63) is 36.7 Å². The first kappa shape index (κ1) is 25.2. The van der Waals surface area contributed by atoms with Crippen molar-refractivity contribution in [1.82, 2.24) is 24.8 Å². The summed E-state index contributed by atoms with van der Waals surface area (Å²) in [6.45, 7) is 0.568. The lowest BCUT2D eigenvalue weighted by Gasteiger charge is -2.38. The van der Waals surface area contributed by atoms with Crippen molar-refractivity contribution in [2.24, 2.45) is 0 Å². The van der Waals surface area contributed by atoms with Crippen LogP contribution in [0.2, 0.25) is 0 Å². The van der Waals surface area contributed by atoms with Crippen LogP contribution in [0.1, 0.15) is 25.7 Å². The number of halogens is 2. The summed E-state index contributed by atoms with van der Waals surface area (Å²) in [5.41, 5.74) is 2.00. The van der Waals surface area contributed by atoms with Crippen LogP contribution in [-0.2, 0) is 4.74 Å². The van der Waals surface area contributed by atoms with Crippen LogP contribution in [0.3, 0.4) is 0 Å². The van der Waals surface area contributed by atoms with E-state index in [1.54, 1.807) is 22.8 Å². The van der Waals surface area contributed by atoms with E-state index in [0.717, 1.165) is 57.6 Å². The van der Waals surface area contributed by atoms with Gasteiger partial charge in [-0.2, -0.15) is 8.78 Å². The largest absolute Gasteiger partial charge is 0.478 e. The summed E-state index contributed by atoms with van der Waals surface area (Å²) in [6.07, 6.45) is 7.24. The van der Waals surface area contributed by atoms with Crippen LogP contribution >= 0.6 is 0 Å². The Bertz CT molecular complexity index is 1230. The molecule has 0 spiro atoms. The number of nitrogens with one attached hydrogen (secondary N) is 2. The van der Waals surface area contributed by atoms with E-state index in [4.69, 9.17) is 9.47 Å². The molecular formula is C25H30F2N6O4. The number of amides is 2. The molecule has 37 heavy (non-hydrogen) atoms. The molecular weight excluding hydrogens is 486 g/mol. The van der Waals surface area contributed by atoms with Gasteiger partial charge in [0.05, 0.1) is 25.8 Å². The van der Waals surface area contributed by atoms with E-state index in [1.165, 1.54) is 19.4 Å². The third-order valence-corrected chi connectivity index (χ3v) is 6.86. The van der Waals surface area contributed by atoms with Crippen molar-refractivity contribution in [3.63, 3.8) is 0 Å². The van der Waals surface area contributed by atoms with Gasteiger partial charge in [-0.15, -0.1) is 5.10 Å². The molecule has 3 aromatic heterocycles. The number of carbonyl (C=O) groups excluding carboxylic acids is 1. The van der Waals surface area contributed by atoms with Gasteiger partial charge in [0, 0.05) is 49.2 Å². The third kappa shape index (κ3) is 6.08. The molecule has 0 bridgehead atoms. The standard InChI is InChI=1S/C25H30F2N6O4/c1-35-23-21(37-24(26)27)13-17(15-28-23)16-6-7-33-20(12-16)14-22(31-33)30-25(34)29-18-2-4-19(5-3-18)32-8-10-36-11-9-32/h6-7,12-15,18-19,24H,2-5,8-11H2,1H3,(H2,29,30,31,34). The fourth-order valence-electron chi connectivity index (χ4n) is 5.02. The van der Waals surface area contributed by atoms with Gasteiger partial charge < -0.3 is 19.5 Å². The summed E-state index contributed by atoms with van der Waals surface area (Å²) in [5, 5.41) is 10.3. The molecule has 1 aliphatic carbocycles. The average molecular weight is 517 g/mol. The molecule has 1 aliphatic heterocycles. The molecule has 0 atom stereocenters. The molecule has 4 heterocycles. The fraction of sp³-hybridized carbons (Fsp3) is 0.480. The van der Waals surface area contributed by atoms with Gasteiger partial charge in [0.25, 0.3) is 5.88 Å². The second kappa shape index (κ2) is 11.3. The molecule has 0 radical (unpaired) electrons. The first-order chi connectivity index (χ1) is 18.0. The number of morpholine rings is 1. The second-order valence-electron chi connectivity index (χ2n) is 9.18. The lowest BCUT2D eigenvalue weighted by molar-refractivity contribution is -0.0515. The predicted molar refractivity (Wildman–Crippen MR) is 132 cm³/mol. The summed E-state index contributed by atoms with van der Waals surface area (Å²) in [5.74, 6) is 0.231. The first-order valence-corrected chi connectivity index (χ1v) is 12.4. The van der Waals surface area contributed by atoms with Gasteiger partial charge in [-0.25, -0.2) is 14.3 Å². The number of anilines is 1. The van der Waals surface area contributed by atoms with Crippen LogP contribution in [0.25, 0.3) is 16.6 Å². The van der Waals surface area contributed by atoms with Crippen LogP contribution in [-0.4, -0.2) is 77.6 Å². The third-order valence-electron chi connectivity index (χ3n) is 6.86. The summed E-state index contributed by atoms with van der Waals surface area (Å²) < 4.78 is 42.1. The van der Waals surface area contributed by atoms with Gasteiger partial charge in [-0.3, -0.25) is 10.2 Å². The molecule has 2 fully saturated rings. The van der Waals surface area contributed by atoms with Crippen molar-refractivity contribution in [3.8, 4) is 22.8 Å². The van der Waals surface area contributed by atoms with Crippen molar-refractivity contribution in [1.29, 1.82) is 0 Å². The summed E-state index contributed by atoms with van der Waals surface area (Å²) in [7, 11) is 1.33. The predicted octanol–water partition coefficient (Wildman–Crippen LogP) is 3.77. The number of fused-ring (bicyclic) bond motifs is 1. The van der Waals surface area contributed by atoms with E-state index in [9.17, 15) is 13.6 Å². The summed E-state index contributed by atoms with van der Waals surface area (Å²) in [6, 6.07) is 7.19. The molecule has 5 rings (SSSR count). The number of hydrogen-bond donors (Lipinski definition) is 2. The molecule has 2 N–H and O–H groups in total. The van der Waals surface area contributed by atoms with Crippen molar-refractivity contribution < 1.29 is 27.8 Å². The smallest absolute Gasteiger partial charge is 0.387 e. The highest BCUT2D eigenvalue weighted by Gasteiger charge is 2.27. The zero-order valence-electron chi connectivity index (χ0n) is 20.5. The van der Waals surface area contributed by atoms with Crippen LogP contribution in [0.5, 0.6) is 11.6 Å². The van der Waals surface area contributed by atoms with Gasteiger partial charge in [0.1, 0.15) is 0 Å². The minimum absolute atomic E-state index is 0.0263. The SMILES string of the molecule is COc1ncc(-c2ccn3nc(NC(=O)NC4CCC(N5CCOCC5)CC4)cc3c2)cc1OC(F)F. The Labute approximate surface area is 212 Å². The summed E-state index contributed by atoms with van der Waals surface area (Å²) in [4.78, 5) is 19.2. The Balaban J connectivity index is 1.20. The van der Waals surface area contributed by atoms with E-state index >= 15 is 0 Å². The minimum Gasteiger partial charge on any atom is -0.478 e. The number of rotatable bonds is 7. The molecule has 0 aromatic carbocycles. The van der Waals surface area contributed by atoms with Gasteiger partial charge in [-0.1, -0.05) is 0 Å². The maximum absolute atomic E-state index is 12.8. The number of carbonyl (C=O) groups is 1. The lowest BCUT2D eigenvalue weighted by atomic mass is 9.90. The number of ether oxygens (including phenoxy) is 3. The average Bonchev–Trinajstić information content (AvgIpc) is 3.30. The Morgan fingerprint density at radius 3 is 2.65 bits per heavy atom. The van der Waals surface area contributed by atoms with Crippen molar-refractivity contribution >= 4 is 17.4 Å². The summed E-state index contributed by atoms with van der Waals surface area (Å²) >= 11 is 0. The molecule has 1 saturated carbocycles. The van der Waals surface area contributed by atoms with Crippen LogP contribution in [0.4, 0.5) is 19.4 Å². The zero-order chi connectivity index (χ0) is 25.8. The molecule has 12 heteroatoms. The highest BCUT2D eigenvalue weighted by atomic mass is 19.3. The number of hydrogen-bond acceptors (Lipinski definition) is 7. The number of alkyl halides is 2. The monoisotopic (exact) mass is 516 g/mol. The molecule has 2 aliphatic rings. The highest BCUT2D eigenvalue weighted by molar-refractivity contribution is 5.89. The number of aromatic nitrogens is 3. The maximum atomic E-state index is 12.8. The van der Waals surface area contributed by atoms with Gasteiger partial charge in [-0.05, 0) is 49.4 Å². The molecule has 1 saturated heterocycles. The first-order valence-electron chi connectivity index (χ1n) is 12.4. The maximum Gasteiger partial charge on any atom is 0.387 e. The Morgan fingerprint density at radius 1 is 1.14 bits per heavy atom. The minimum atomic E-state index is -3.00. The fourth-order valence-corrected chi connectivity index (χ4v) is 5.02. The number of nitrogens with zero attached hydrogens (tertiary/aromatic N) is 4. The topological polar surface area (TPSA) is 102 Å². The van der Waals surface area contributed by atoms with E-state index in [1.807, 2.05) is 6.07 Å². The lowest BCUT2D eigenvalue weighted by Crippen LogP contribution is -2.48. The van der Waals surface area contributed by atoms with Crippen molar-refractivity contribution in [2.75, 3.05) is 38.7 Å². The van der Waals surface area contributed by atoms with E-state index in [2.05, 4.69) is 30.4 Å². The van der Waals surface area contributed by atoms with Crippen molar-refractivity contribution in [2.45, 2.75) is 44.4 Å². The Kier molecular flexibility index (Phi) is 7.65. The zero-order valence-corrected chi connectivity index (χ0v) is 20.5. The van der Waals surface area contributed by atoms with E-state index in [-0.39, 0.29) is 23.7 Å². The van der Waals surface area contributed by atoms with E-state index < -0.39 is 6.61 Å². The van der Waals surface area contributed by atoms with Gasteiger partial charge in [0.15, 0.2) is 11.6 Å². The molecule has 2 amide bonds. The number of methoxy groups -OCH3 is 1. The number of pyridine rings is 2. The Hall–Kier alpha value is -3.51. The van der Waals surface area contributed by atoms with E-state index in [0.29, 0.717) is 22.9 Å².